The average Bonchev–Trinajstić information content (AvgIpc) is 2.35. The molecule has 0 saturated carbocycles. The SMILES string of the molecule is CCOC(=O)COc1ccc(OC(F)(F)F)cc1C=O. The lowest BCUT2D eigenvalue weighted by Crippen LogP contribution is -2.17. The van der Waals surface area contributed by atoms with E-state index in [0.29, 0.717) is 6.29 Å². The second kappa shape index (κ2) is 6.78. The van der Waals surface area contributed by atoms with Crippen molar-refractivity contribution in [2.75, 3.05) is 13.2 Å². The zero-order chi connectivity index (χ0) is 15.2. The van der Waals surface area contributed by atoms with E-state index >= 15 is 0 Å². The van der Waals surface area contributed by atoms with Crippen LogP contribution in [0, 0.1) is 0 Å². The number of aldehydes is 1. The lowest BCUT2D eigenvalue weighted by Gasteiger charge is -2.11. The molecule has 5 nitrogen and oxygen atoms in total. The molecule has 0 amide bonds. The predicted molar refractivity (Wildman–Crippen MR) is 60.6 cm³/mol. The van der Waals surface area contributed by atoms with Crippen LogP contribution in [0.15, 0.2) is 18.2 Å². The second-order valence-electron chi connectivity index (χ2n) is 3.46. The lowest BCUT2D eigenvalue weighted by molar-refractivity contribution is -0.274. The van der Waals surface area contributed by atoms with Crippen molar-refractivity contribution in [1.82, 2.24) is 0 Å². The van der Waals surface area contributed by atoms with Crippen LogP contribution in [0.2, 0.25) is 0 Å². The summed E-state index contributed by atoms with van der Waals surface area (Å²) in [5, 5.41) is 0. The smallest absolute Gasteiger partial charge is 0.481 e. The molecule has 0 spiro atoms. The molecule has 0 unspecified atom stereocenters. The van der Waals surface area contributed by atoms with Gasteiger partial charge in [0.05, 0.1) is 12.2 Å². The first-order valence-corrected chi connectivity index (χ1v) is 5.49. The number of benzene rings is 1. The maximum Gasteiger partial charge on any atom is 0.573 e. The highest BCUT2D eigenvalue weighted by atomic mass is 19.4. The van der Waals surface area contributed by atoms with Crippen LogP contribution in [0.3, 0.4) is 0 Å². The van der Waals surface area contributed by atoms with Gasteiger partial charge in [0, 0.05) is 0 Å². The molecule has 0 N–H and O–H groups in total. The Morgan fingerprint density at radius 1 is 1.35 bits per heavy atom. The van der Waals surface area contributed by atoms with Gasteiger partial charge in [-0.1, -0.05) is 0 Å². The maximum absolute atomic E-state index is 12.0. The van der Waals surface area contributed by atoms with Gasteiger partial charge in [0.15, 0.2) is 12.9 Å². The number of carbonyl (C=O) groups excluding carboxylic acids is 2. The molecule has 0 aliphatic heterocycles. The van der Waals surface area contributed by atoms with Crippen LogP contribution in [-0.2, 0) is 9.53 Å². The Morgan fingerprint density at radius 3 is 2.60 bits per heavy atom. The summed E-state index contributed by atoms with van der Waals surface area (Å²) in [6.07, 6.45) is -4.56. The summed E-state index contributed by atoms with van der Waals surface area (Å²) in [6, 6.07) is 2.94. The molecule has 1 rings (SSSR count). The van der Waals surface area contributed by atoms with Crippen LogP contribution in [-0.4, -0.2) is 31.8 Å². The minimum Gasteiger partial charge on any atom is -0.481 e. The summed E-state index contributed by atoms with van der Waals surface area (Å²) < 4.78 is 49.3. The number of halogens is 3. The van der Waals surface area contributed by atoms with E-state index in [1.165, 1.54) is 0 Å². The Morgan fingerprint density at radius 2 is 2.05 bits per heavy atom. The first kappa shape index (κ1) is 15.8. The Balaban J connectivity index is 2.78. The molecule has 1 aromatic rings. The molecule has 0 fully saturated rings. The molecule has 0 radical (unpaired) electrons. The van der Waals surface area contributed by atoms with E-state index in [2.05, 4.69) is 9.47 Å². The van der Waals surface area contributed by atoms with E-state index in [1.54, 1.807) is 6.92 Å². The number of hydrogen-bond donors (Lipinski definition) is 0. The molecule has 0 atom stereocenters. The molecule has 20 heavy (non-hydrogen) atoms. The van der Waals surface area contributed by atoms with Crippen molar-refractivity contribution in [3.63, 3.8) is 0 Å². The first-order valence-electron chi connectivity index (χ1n) is 5.49. The molecule has 0 bridgehead atoms. The van der Waals surface area contributed by atoms with Crippen LogP contribution in [0.1, 0.15) is 17.3 Å². The highest BCUT2D eigenvalue weighted by molar-refractivity contribution is 5.80. The molecular formula is C12H11F3O5. The number of carbonyl (C=O) groups is 2. The van der Waals surface area contributed by atoms with Crippen molar-refractivity contribution >= 4 is 12.3 Å². The van der Waals surface area contributed by atoms with Gasteiger partial charge in [-0.2, -0.15) is 0 Å². The molecular weight excluding hydrogens is 281 g/mol. The molecule has 8 heteroatoms. The maximum atomic E-state index is 12.0. The summed E-state index contributed by atoms with van der Waals surface area (Å²) in [5.41, 5.74) is -0.170. The number of rotatable bonds is 6. The second-order valence-corrected chi connectivity index (χ2v) is 3.46. The van der Waals surface area contributed by atoms with Gasteiger partial charge < -0.3 is 14.2 Å². The fourth-order valence-electron chi connectivity index (χ4n) is 1.29. The van der Waals surface area contributed by atoms with E-state index in [0.717, 1.165) is 18.2 Å². The summed E-state index contributed by atoms with van der Waals surface area (Å²) in [5.74, 6) is -1.24. The molecule has 0 heterocycles. The van der Waals surface area contributed by atoms with Crippen LogP contribution in [0.25, 0.3) is 0 Å². The molecule has 0 aliphatic rings. The van der Waals surface area contributed by atoms with Gasteiger partial charge in [0.2, 0.25) is 0 Å². The van der Waals surface area contributed by atoms with Gasteiger partial charge in [-0.05, 0) is 25.1 Å². The van der Waals surface area contributed by atoms with E-state index in [1.807, 2.05) is 0 Å². The van der Waals surface area contributed by atoms with Crippen LogP contribution in [0.4, 0.5) is 13.2 Å². The van der Waals surface area contributed by atoms with E-state index in [-0.39, 0.29) is 17.9 Å². The number of ether oxygens (including phenoxy) is 3. The van der Waals surface area contributed by atoms with E-state index in [9.17, 15) is 22.8 Å². The third-order valence-corrected chi connectivity index (χ3v) is 1.99. The third kappa shape index (κ3) is 5.17. The van der Waals surface area contributed by atoms with Crippen LogP contribution >= 0.6 is 0 Å². The highest BCUT2D eigenvalue weighted by Gasteiger charge is 2.31. The van der Waals surface area contributed by atoms with E-state index < -0.39 is 24.7 Å². The molecule has 0 saturated heterocycles. The number of hydrogen-bond acceptors (Lipinski definition) is 5. The van der Waals surface area contributed by atoms with Crippen molar-refractivity contribution in [1.29, 1.82) is 0 Å². The summed E-state index contributed by atoms with van der Waals surface area (Å²) >= 11 is 0. The monoisotopic (exact) mass is 292 g/mol. The van der Waals surface area contributed by atoms with Gasteiger partial charge >= 0.3 is 12.3 Å². The standard InChI is InChI=1S/C12H11F3O5/c1-2-18-11(17)7-19-10-4-3-9(5-8(10)6-16)20-12(13,14)15/h3-6H,2,7H2,1H3. The Bertz CT molecular complexity index is 484. The molecule has 0 aliphatic carbocycles. The molecule has 1 aromatic carbocycles. The van der Waals surface area contributed by atoms with Crippen molar-refractivity contribution in [2.24, 2.45) is 0 Å². The topological polar surface area (TPSA) is 61.8 Å². The lowest BCUT2D eigenvalue weighted by atomic mass is 10.2. The van der Waals surface area contributed by atoms with Crippen molar-refractivity contribution in [3.8, 4) is 11.5 Å². The fourth-order valence-corrected chi connectivity index (χ4v) is 1.29. The summed E-state index contributed by atoms with van der Waals surface area (Å²) in [6.45, 7) is 1.33. The zero-order valence-corrected chi connectivity index (χ0v) is 10.4. The normalized spacial score (nSPS) is 10.8. The summed E-state index contributed by atoms with van der Waals surface area (Å²) in [4.78, 5) is 21.8. The fraction of sp³-hybridized carbons (Fsp3) is 0.333. The van der Waals surface area contributed by atoms with Crippen molar-refractivity contribution in [3.05, 3.63) is 23.8 Å². The number of alkyl halides is 3. The van der Waals surface area contributed by atoms with Gasteiger partial charge in [-0.15, -0.1) is 13.2 Å². The molecule has 110 valence electrons. The van der Waals surface area contributed by atoms with Gasteiger partial charge in [-0.3, -0.25) is 4.79 Å². The summed E-state index contributed by atoms with van der Waals surface area (Å²) in [7, 11) is 0. The Labute approximate surface area is 112 Å². The quantitative estimate of drug-likeness (QED) is 0.595. The van der Waals surface area contributed by atoms with E-state index in [4.69, 9.17) is 4.74 Å². The van der Waals surface area contributed by atoms with Gasteiger partial charge in [0.1, 0.15) is 11.5 Å². The zero-order valence-electron chi connectivity index (χ0n) is 10.4. The van der Waals surface area contributed by atoms with Crippen molar-refractivity contribution < 1.29 is 37.0 Å². The van der Waals surface area contributed by atoms with Crippen molar-refractivity contribution in [2.45, 2.75) is 13.3 Å². The van der Waals surface area contributed by atoms with Gasteiger partial charge in [-0.25, -0.2) is 4.79 Å². The molecule has 0 aromatic heterocycles. The first-order chi connectivity index (χ1) is 9.35. The number of esters is 1. The van der Waals surface area contributed by atoms with Gasteiger partial charge in [0.25, 0.3) is 0 Å². The Hall–Kier alpha value is -2.25. The Kier molecular flexibility index (Phi) is 5.36. The average molecular weight is 292 g/mol. The minimum absolute atomic E-state index is 0.0393. The predicted octanol–water partition coefficient (Wildman–Crippen LogP) is 2.34. The minimum atomic E-state index is -4.85. The van der Waals surface area contributed by atoms with Crippen LogP contribution < -0.4 is 9.47 Å². The van der Waals surface area contributed by atoms with Crippen LogP contribution in [0.5, 0.6) is 11.5 Å². The largest absolute Gasteiger partial charge is 0.573 e. The highest BCUT2D eigenvalue weighted by Crippen LogP contribution is 2.27. The third-order valence-electron chi connectivity index (χ3n) is 1.99.